The van der Waals surface area contributed by atoms with Gasteiger partial charge in [-0.15, -0.1) is 11.3 Å². The van der Waals surface area contributed by atoms with Gasteiger partial charge in [-0.25, -0.2) is 0 Å². The summed E-state index contributed by atoms with van der Waals surface area (Å²) in [6, 6.07) is 19.0. The summed E-state index contributed by atoms with van der Waals surface area (Å²) >= 11 is 1.73. The number of hydrogen-bond acceptors (Lipinski definition) is 5. The van der Waals surface area contributed by atoms with Gasteiger partial charge in [0, 0.05) is 41.5 Å². The van der Waals surface area contributed by atoms with Crippen LogP contribution in [0.2, 0.25) is 0 Å². The second kappa shape index (κ2) is 8.41. The molecule has 5 heteroatoms. The van der Waals surface area contributed by atoms with E-state index in [-0.39, 0.29) is 6.10 Å². The van der Waals surface area contributed by atoms with E-state index in [0.717, 1.165) is 48.8 Å². The Hall–Kier alpha value is -3.15. The third-order valence-electron chi connectivity index (χ3n) is 6.22. The molecular weight excluding hydrogens is 416 g/mol. The van der Waals surface area contributed by atoms with E-state index in [0.29, 0.717) is 6.61 Å². The second-order valence-corrected chi connectivity index (χ2v) is 9.26. The van der Waals surface area contributed by atoms with Crippen LogP contribution in [0.4, 0.5) is 0 Å². The smallest absolute Gasteiger partial charge is 0.159 e. The van der Waals surface area contributed by atoms with Crippen molar-refractivity contribution < 1.29 is 9.47 Å². The number of hydrogen-bond donors (Lipinski definition) is 0. The van der Waals surface area contributed by atoms with Gasteiger partial charge in [0.15, 0.2) is 6.10 Å². The van der Waals surface area contributed by atoms with Crippen LogP contribution in [0, 0.1) is 0 Å². The number of nitrogens with zero attached hydrogens (tertiary/aromatic N) is 2. The zero-order valence-electron chi connectivity index (χ0n) is 17.7. The third-order valence-corrected chi connectivity index (χ3v) is 7.10. The Balaban J connectivity index is 1.08. The fraction of sp³-hybridized carbons (Fsp3) is 0.222. The van der Waals surface area contributed by atoms with E-state index in [2.05, 4.69) is 69.9 Å². The van der Waals surface area contributed by atoms with Gasteiger partial charge >= 0.3 is 0 Å². The maximum Gasteiger partial charge on any atom is 0.159 e. The van der Waals surface area contributed by atoms with E-state index < -0.39 is 0 Å². The number of benzene rings is 2. The first-order chi connectivity index (χ1) is 15.8. The van der Waals surface area contributed by atoms with Crippen molar-refractivity contribution in [2.45, 2.75) is 19.1 Å². The number of rotatable bonds is 5. The first-order valence-corrected chi connectivity index (χ1v) is 11.9. The number of fused-ring (bicyclic) bond motifs is 3. The zero-order chi connectivity index (χ0) is 21.3. The highest BCUT2D eigenvalue weighted by atomic mass is 32.1. The molecule has 1 unspecified atom stereocenters. The minimum Gasteiger partial charge on any atom is -0.492 e. The lowest BCUT2D eigenvalue weighted by molar-refractivity contribution is 0.196. The molecule has 0 bridgehead atoms. The van der Waals surface area contributed by atoms with Gasteiger partial charge in [-0.05, 0) is 59.3 Å². The fourth-order valence-corrected chi connectivity index (χ4v) is 5.25. The monoisotopic (exact) mass is 440 g/mol. The van der Waals surface area contributed by atoms with Gasteiger partial charge in [-0.2, -0.15) is 0 Å². The summed E-state index contributed by atoms with van der Waals surface area (Å²) in [7, 11) is 0. The maximum absolute atomic E-state index is 6.22. The first kappa shape index (κ1) is 19.5. The lowest BCUT2D eigenvalue weighted by atomic mass is 10.0. The van der Waals surface area contributed by atoms with Crippen molar-refractivity contribution in [3.8, 4) is 11.5 Å². The maximum atomic E-state index is 6.22. The number of thiophene rings is 1. The summed E-state index contributed by atoms with van der Waals surface area (Å²) in [5, 5.41) is 3.27. The Morgan fingerprint density at radius 1 is 1.09 bits per heavy atom. The van der Waals surface area contributed by atoms with Gasteiger partial charge < -0.3 is 9.47 Å². The number of pyridine rings is 1. The summed E-state index contributed by atoms with van der Waals surface area (Å²) in [5.74, 6) is 1.75. The van der Waals surface area contributed by atoms with Crippen molar-refractivity contribution in [2.24, 2.45) is 0 Å². The van der Waals surface area contributed by atoms with E-state index >= 15 is 0 Å². The Bertz CT molecular complexity index is 1300. The van der Waals surface area contributed by atoms with Gasteiger partial charge in [0.25, 0.3) is 0 Å². The molecule has 0 saturated heterocycles. The molecular formula is C27H24N2O2S. The van der Waals surface area contributed by atoms with E-state index in [4.69, 9.17) is 9.47 Å². The van der Waals surface area contributed by atoms with Crippen LogP contribution >= 0.6 is 11.3 Å². The molecule has 2 aromatic carbocycles. The molecule has 4 aromatic rings. The van der Waals surface area contributed by atoms with Gasteiger partial charge in [0.05, 0.1) is 5.69 Å². The van der Waals surface area contributed by atoms with Crippen molar-refractivity contribution in [3.63, 3.8) is 0 Å². The predicted molar refractivity (Wildman–Crippen MR) is 129 cm³/mol. The molecule has 1 atom stereocenters. The van der Waals surface area contributed by atoms with Crippen LogP contribution in [-0.2, 0) is 13.0 Å². The van der Waals surface area contributed by atoms with Crippen LogP contribution < -0.4 is 9.47 Å². The third kappa shape index (κ3) is 3.90. The van der Waals surface area contributed by atoms with E-state index in [1.807, 2.05) is 18.3 Å². The summed E-state index contributed by atoms with van der Waals surface area (Å²) in [4.78, 5) is 7.06. The SMILES string of the molecule is C1=CC(c2cc3sccc3cn2)Oc2ccc(OCCN3CCc4ccccc4C3)cc21. The Morgan fingerprint density at radius 3 is 3.00 bits per heavy atom. The molecule has 0 saturated carbocycles. The lowest BCUT2D eigenvalue weighted by Crippen LogP contribution is -2.33. The van der Waals surface area contributed by atoms with Crippen molar-refractivity contribution in [1.82, 2.24) is 9.88 Å². The molecule has 0 amide bonds. The Labute approximate surface area is 191 Å². The van der Waals surface area contributed by atoms with Crippen LogP contribution in [0.25, 0.3) is 16.2 Å². The van der Waals surface area contributed by atoms with Crippen LogP contribution in [0.1, 0.15) is 28.5 Å². The zero-order valence-corrected chi connectivity index (χ0v) is 18.6. The molecule has 0 radical (unpaired) electrons. The number of ether oxygens (including phenoxy) is 2. The number of aromatic nitrogens is 1. The van der Waals surface area contributed by atoms with Crippen molar-refractivity contribution in [3.05, 3.63) is 94.6 Å². The van der Waals surface area contributed by atoms with E-state index in [1.54, 1.807) is 11.3 Å². The minimum atomic E-state index is -0.164. The topological polar surface area (TPSA) is 34.6 Å². The lowest BCUT2D eigenvalue weighted by Gasteiger charge is -2.28. The predicted octanol–water partition coefficient (Wildman–Crippen LogP) is 5.88. The standard InChI is InChI=1S/C27H24N2O2S/c1-2-4-22-18-29(11-9-19(22)3-1)12-13-30-23-6-8-25-20(15-23)5-7-26(31-25)24-16-27-21(17-28-24)10-14-32-27/h1-8,10,14-17,26H,9,11-13,18H2. The molecule has 4 nitrogen and oxygen atoms in total. The molecule has 0 aliphatic carbocycles. The second-order valence-electron chi connectivity index (χ2n) is 8.31. The largest absolute Gasteiger partial charge is 0.492 e. The molecule has 2 aliphatic heterocycles. The summed E-state index contributed by atoms with van der Waals surface area (Å²) in [6.45, 7) is 3.70. The average molecular weight is 441 g/mol. The molecule has 2 aliphatic rings. The molecule has 0 N–H and O–H groups in total. The quantitative estimate of drug-likeness (QED) is 0.388. The average Bonchev–Trinajstić information content (AvgIpc) is 3.32. The highest BCUT2D eigenvalue weighted by Crippen LogP contribution is 2.35. The van der Waals surface area contributed by atoms with Crippen molar-refractivity contribution >= 4 is 27.5 Å². The highest BCUT2D eigenvalue weighted by molar-refractivity contribution is 7.17. The van der Waals surface area contributed by atoms with E-state index in [1.165, 1.54) is 21.2 Å². The summed E-state index contributed by atoms with van der Waals surface area (Å²) in [6.07, 6.45) is 7.05. The van der Waals surface area contributed by atoms with Gasteiger partial charge in [-0.3, -0.25) is 9.88 Å². The van der Waals surface area contributed by atoms with Gasteiger partial charge in [-0.1, -0.05) is 30.3 Å². The Kier molecular flexibility index (Phi) is 5.13. The van der Waals surface area contributed by atoms with Gasteiger partial charge in [0.2, 0.25) is 0 Å². The summed E-state index contributed by atoms with van der Waals surface area (Å²) in [5.41, 5.74) is 4.90. The molecule has 0 spiro atoms. The van der Waals surface area contributed by atoms with Crippen molar-refractivity contribution in [2.75, 3.05) is 19.7 Å². The van der Waals surface area contributed by atoms with Crippen LogP contribution in [-0.4, -0.2) is 29.6 Å². The normalized spacial score (nSPS) is 17.6. The highest BCUT2D eigenvalue weighted by Gasteiger charge is 2.19. The van der Waals surface area contributed by atoms with Crippen molar-refractivity contribution in [1.29, 1.82) is 0 Å². The molecule has 6 rings (SSSR count). The van der Waals surface area contributed by atoms with Crippen LogP contribution in [0.5, 0.6) is 11.5 Å². The minimum absolute atomic E-state index is 0.164. The molecule has 4 heterocycles. The van der Waals surface area contributed by atoms with Crippen LogP contribution in [0.15, 0.2) is 72.3 Å². The molecule has 0 fully saturated rings. The van der Waals surface area contributed by atoms with Gasteiger partial charge in [0.1, 0.15) is 18.1 Å². The van der Waals surface area contributed by atoms with Crippen LogP contribution in [0.3, 0.4) is 0 Å². The molecule has 160 valence electrons. The first-order valence-electron chi connectivity index (χ1n) is 11.1. The Morgan fingerprint density at radius 2 is 2.03 bits per heavy atom. The van der Waals surface area contributed by atoms with E-state index in [9.17, 15) is 0 Å². The molecule has 2 aromatic heterocycles. The fourth-order valence-electron chi connectivity index (χ4n) is 4.44. The summed E-state index contributed by atoms with van der Waals surface area (Å²) < 4.78 is 13.5. The molecule has 32 heavy (non-hydrogen) atoms.